The van der Waals surface area contributed by atoms with Crippen molar-refractivity contribution >= 4 is 11.9 Å². The lowest BCUT2D eigenvalue weighted by atomic mass is 10.1. The third-order valence-corrected chi connectivity index (χ3v) is 2.10. The van der Waals surface area contributed by atoms with E-state index in [2.05, 4.69) is 5.32 Å². The van der Waals surface area contributed by atoms with Gasteiger partial charge < -0.3 is 15.2 Å². The number of carboxylic acid groups (broad SMARTS) is 1. The van der Waals surface area contributed by atoms with Gasteiger partial charge in [0, 0.05) is 6.04 Å². The maximum Gasteiger partial charge on any atom is 0.307 e. The minimum atomic E-state index is -0.875. The molecule has 0 aliphatic rings. The number of carboxylic acids is 1. The van der Waals surface area contributed by atoms with Gasteiger partial charge in [-0.25, -0.2) is 0 Å². The Hall–Kier alpha value is -2.04. The molecule has 0 bridgehead atoms. The van der Waals surface area contributed by atoms with Crippen LogP contribution in [0.1, 0.15) is 19.4 Å². The summed E-state index contributed by atoms with van der Waals surface area (Å²) in [5.41, 5.74) is 0.696. The fraction of sp³-hybridized carbons (Fsp3) is 0.385. The van der Waals surface area contributed by atoms with Crippen molar-refractivity contribution in [1.82, 2.24) is 5.32 Å². The molecule has 0 aliphatic carbocycles. The van der Waals surface area contributed by atoms with E-state index in [0.29, 0.717) is 11.3 Å². The molecule has 18 heavy (non-hydrogen) atoms. The van der Waals surface area contributed by atoms with E-state index < -0.39 is 5.97 Å². The number of rotatable bonds is 6. The standard InChI is InChI=1S/C13H17NO4/c1-9(2)14-12(15)8-18-11-5-3-10(4-6-11)7-13(16)17/h3-6,9H,7-8H2,1-2H3,(H,14,15)(H,16,17). The number of carbonyl (C=O) groups is 2. The zero-order chi connectivity index (χ0) is 13.5. The molecular formula is C13H17NO4. The summed E-state index contributed by atoms with van der Waals surface area (Å²) in [4.78, 5) is 21.8. The van der Waals surface area contributed by atoms with E-state index in [1.54, 1.807) is 24.3 Å². The molecule has 1 amide bonds. The Morgan fingerprint density at radius 3 is 2.39 bits per heavy atom. The minimum Gasteiger partial charge on any atom is -0.484 e. The molecule has 0 saturated heterocycles. The van der Waals surface area contributed by atoms with Crippen LogP contribution in [-0.4, -0.2) is 29.6 Å². The smallest absolute Gasteiger partial charge is 0.307 e. The Kier molecular flexibility index (Phi) is 5.17. The molecule has 1 rings (SSSR count). The van der Waals surface area contributed by atoms with Crippen LogP contribution in [0.4, 0.5) is 0 Å². The number of hydrogen-bond acceptors (Lipinski definition) is 3. The number of ether oxygens (including phenoxy) is 1. The molecule has 0 fully saturated rings. The molecule has 0 aromatic heterocycles. The lowest BCUT2D eigenvalue weighted by molar-refractivity contribution is -0.136. The number of amides is 1. The highest BCUT2D eigenvalue weighted by Gasteiger charge is 2.05. The Bertz CT molecular complexity index is 412. The number of nitrogens with one attached hydrogen (secondary N) is 1. The average molecular weight is 251 g/mol. The van der Waals surface area contributed by atoms with Gasteiger partial charge >= 0.3 is 5.97 Å². The van der Waals surface area contributed by atoms with Crippen LogP contribution in [0.3, 0.4) is 0 Å². The molecule has 0 heterocycles. The molecule has 0 radical (unpaired) electrons. The Labute approximate surface area is 106 Å². The van der Waals surface area contributed by atoms with E-state index in [-0.39, 0.29) is 25.0 Å². The van der Waals surface area contributed by atoms with Crippen molar-refractivity contribution in [2.45, 2.75) is 26.3 Å². The summed E-state index contributed by atoms with van der Waals surface area (Å²) in [6.45, 7) is 3.70. The van der Waals surface area contributed by atoms with Crippen molar-refractivity contribution in [3.63, 3.8) is 0 Å². The first-order valence-electron chi connectivity index (χ1n) is 5.70. The van der Waals surface area contributed by atoms with Crippen LogP contribution in [-0.2, 0) is 16.0 Å². The van der Waals surface area contributed by atoms with Gasteiger partial charge in [0.1, 0.15) is 5.75 Å². The minimum absolute atomic E-state index is 0.0197. The van der Waals surface area contributed by atoms with Crippen LogP contribution in [0.15, 0.2) is 24.3 Å². The monoisotopic (exact) mass is 251 g/mol. The molecule has 0 atom stereocenters. The normalized spacial score (nSPS) is 10.2. The van der Waals surface area contributed by atoms with Gasteiger partial charge in [-0.1, -0.05) is 12.1 Å². The first kappa shape index (κ1) is 14.0. The molecule has 1 aromatic carbocycles. The van der Waals surface area contributed by atoms with Gasteiger partial charge in [-0.05, 0) is 31.5 Å². The van der Waals surface area contributed by atoms with Gasteiger partial charge in [0.25, 0.3) is 5.91 Å². The molecular weight excluding hydrogens is 234 g/mol. The summed E-state index contributed by atoms with van der Waals surface area (Å²) < 4.78 is 5.27. The second kappa shape index (κ2) is 6.64. The molecule has 0 spiro atoms. The summed E-state index contributed by atoms with van der Waals surface area (Å²) in [6, 6.07) is 6.73. The summed E-state index contributed by atoms with van der Waals surface area (Å²) in [5, 5.41) is 11.3. The molecule has 0 unspecified atom stereocenters. The van der Waals surface area contributed by atoms with E-state index >= 15 is 0 Å². The summed E-state index contributed by atoms with van der Waals surface area (Å²) in [7, 11) is 0. The molecule has 0 aliphatic heterocycles. The quantitative estimate of drug-likeness (QED) is 0.797. The Balaban J connectivity index is 2.44. The van der Waals surface area contributed by atoms with Crippen LogP contribution in [0.2, 0.25) is 0 Å². The zero-order valence-corrected chi connectivity index (χ0v) is 10.5. The largest absolute Gasteiger partial charge is 0.484 e. The van der Waals surface area contributed by atoms with Crippen molar-refractivity contribution in [3.8, 4) is 5.75 Å². The van der Waals surface area contributed by atoms with E-state index in [1.165, 1.54) is 0 Å². The number of carbonyl (C=O) groups excluding carboxylic acids is 1. The second-order valence-corrected chi connectivity index (χ2v) is 4.23. The third kappa shape index (κ3) is 5.34. The SMILES string of the molecule is CC(C)NC(=O)COc1ccc(CC(=O)O)cc1. The predicted molar refractivity (Wildman–Crippen MR) is 66.6 cm³/mol. The number of benzene rings is 1. The zero-order valence-electron chi connectivity index (χ0n) is 10.5. The third-order valence-electron chi connectivity index (χ3n) is 2.10. The Morgan fingerprint density at radius 2 is 1.89 bits per heavy atom. The fourth-order valence-electron chi connectivity index (χ4n) is 1.39. The second-order valence-electron chi connectivity index (χ2n) is 4.23. The van der Waals surface area contributed by atoms with Crippen LogP contribution in [0, 0.1) is 0 Å². The molecule has 5 heteroatoms. The van der Waals surface area contributed by atoms with Crippen LogP contribution >= 0.6 is 0 Å². The highest BCUT2D eigenvalue weighted by molar-refractivity contribution is 5.77. The average Bonchev–Trinajstić information content (AvgIpc) is 2.26. The highest BCUT2D eigenvalue weighted by Crippen LogP contribution is 2.12. The molecule has 98 valence electrons. The van der Waals surface area contributed by atoms with Crippen molar-refractivity contribution in [1.29, 1.82) is 0 Å². The van der Waals surface area contributed by atoms with E-state index in [1.807, 2.05) is 13.8 Å². The van der Waals surface area contributed by atoms with E-state index in [4.69, 9.17) is 9.84 Å². The maximum absolute atomic E-state index is 11.3. The number of hydrogen-bond donors (Lipinski definition) is 2. The van der Waals surface area contributed by atoms with E-state index in [9.17, 15) is 9.59 Å². The lowest BCUT2D eigenvalue weighted by Crippen LogP contribution is -2.34. The van der Waals surface area contributed by atoms with Gasteiger partial charge in [-0.2, -0.15) is 0 Å². The lowest BCUT2D eigenvalue weighted by Gasteiger charge is -2.09. The van der Waals surface area contributed by atoms with Gasteiger partial charge in [-0.15, -0.1) is 0 Å². The maximum atomic E-state index is 11.3. The van der Waals surface area contributed by atoms with Crippen molar-refractivity contribution in [2.24, 2.45) is 0 Å². The molecule has 0 saturated carbocycles. The van der Waals surface area contributed by atoms with Crippen molar-refractivity contribution in [2.75, 3.05) is 6.61 Å². The van der Waals surface area contributed by atoms with E-state index in [0.717, 1.165) is 0 Å². The highest BCUT2D eigenvalue weighted by atomic mass is 16.5. The van der Waals surface area contributed by atoms with Crippen LogP contribution in [0.25, 0.3) is 0 Å². The first-order chi connectivity index (χ1) is 8.47. The molecule has 5 nitrogen and oxygen atoms in total. The first-order valence-corrected chi connectivity index (χ1v) is 5.70. The van der Waals surface area contributed by atoms with Crippen molar-refractivity contribution < 1.29 is 19.4 Å². The molecule has 1 aromatic rings. The number of aliphatic carboxylic acids is 1. The van der Waals surface area contributed by atoms with Crippen LogP contribution in [0.5, 0.6) is 5.75 Å². The van der Waals surface area contributed by atoms with Crippen LogP contribution < -0.4 is 10.1 Å². The topological polar surface area (TPSA) is 75.6 Å². The predicted octanol–water partition coefficient (Wildman–Crippen LogP) is 1.22. The fourth-order valence-corrected chi connectivity index (χ4v) is 1.39. The summed E-state index contributed by atoms with van der Waals surface area (Å²) >= 11 is 0. The molecule has 2 N–H and O–H groups in total. The van der Waals surface area contributed by atoms with Gasteiger partial charge in [0.05, 0.1) is 6.42 Å². The summed E-state index contributed by atoms with van der Waals surface area (Å²) in [5.74, 6) is -0.511. The van der Waals surface area contributed by atoms with Gasteiger partial charge in [0.15, 0.2) is 6.61 Å². The van der Waals surface area contributed by atoms with Gasteiger partial charge in [-0.3, -0.25) is 9.59 Å². The summed E-state index contributed by atoms with van der Waals surface area (Å²) in [6.07, 6.45) is -0.0197. The van der Waals surface area contributed by atoms with Crippen molar-refractivity contribution in [3.05, 3.63) is 29.8 Å². The van der Waals surface area contributed by atoms with Gasteiger partial charge in [0.2, 0.25) is 0 Å². The Morgan fingerprint density at radius 1 is 1.28 bits per heavy atom.